The van der Waals surface area contributed by atoms with Gasteiger partial charge >= 0.3 is 5.97 Å². The minimum Gasteiger partial charge on any atom is -0.484 e. The van der Waals surface area contributed by atoms with Crippen LogP contribution in [0.15, 0.2) is 66.9 Å². The summed E-state index contributed by atoms with van der Waals surface area (Å²) in [6.07, 6.45) is 2.88. The van der Waals surface area contributed by atoms with Crippen LogP contribution < -0.4 is 10.1 Å². The molecule has 2 amide bonds. The molecule has 0 aromatic heterocycles. The molecule has 1 aliphatic heterocycles. The fraction of sp³-hybridized carbons (Fsp3) is 0.200. The number of hydrogen-bond acceptors (Lipinski definition) is 5. The molecule has 1 saturated heterocycles. The smallest absolute Gasteiger partial charge is 0.355 e. The van der Waals surface area contributed by atoms with Crippen LogP contribution in [0.3, 0.4) is 0 Å². The minimum atomic E-state index is -0.836. The van der Waals surface area contributed by atoms with Crippen molar-refractivity contribution in [3.05, 3.63) is 73.5 Å². The molecule has 7 heteroatoms. The van der Waals surface area contributed by atoms with Gasteiger partial charge in [-0.15, -0.1) is 0 Å². The number of hydrogen-bond donors (Lipinski definition) is 1. The van der Waals surface area contributed by atoms with Crippen LogP contribution in [0.2, 0.25) is 0 Å². The number of nitrogens with zero attached hydrogens (tertiary/aromatic N) is 1. The molecule has 1 radical (unpaired) electrons. The largest absolute Gasteiger partial charge is 0.484 e. The SMILES string of the molecule is C=CCOC(=O)/C(=C(\C)C=C)N1[CH][C@H](NC(=O)COc2ccccc2)C1=O. The number of amides is 2. The van der Waals surface area contributed by atoms with Gasteiger partial charge in [-0.2, -0.15) is 0 Å². The van der Waals surface area contributed by atoms with E-state index in [-0.39, 0.29) is 18.9 Å². The second kappa shape index (κ2) is 9.38. The number of benzene rings is 1. The lowest BCUT2D eigenvalue weighted by Gasteiger charge is -2.38. The highest BCUT2D eigenvalue weighted by Gasteiger charge is 2.43. The number of β-lactam (4-membered cyclic amide) rings is 1. The van der Waals surface area contributed by atoms with Crippen molar-refractivity contribution in [2.75, 3.05) is 13.2 Å². The van der Waals surface area contributed by atoms with E-state index in [2.05, 4.69) is 18.5 Å². The molecule has 1 aliphatic rings. The number of ether oxygens (including phenoxy) is 2. The first-order valence-electron chi connectivity index (χ1n) is 8.24. The summed E-state index contributed by atoms with van der Waals surface area (Å²) >= 11 is 0. The molecule has 0 aliphatic carbocycles. The second-order valence-electron chi connectivity index (χ2n) is 5.63. The third kappa shape index (κ3) is 5.07. The van der Waals surface area contributed by atoms with Gasteiger partial charge in [-0.3, -0.25) is 14.5 Å². The molecule has 7 nitrogen and oxygen atoms in total. The molecule has 27 heavy (non-hydrogen) atoms. The van der Waals surface area contributed by atoms with E-state index in [1.54, 1.807) is 31.2 Å². The predicted molar refractivity (Wildman–Crippen MR) is 99.1 cm³/mol. The van der Waals surface area contributed by atoms with E-state index >= 15 is 0 Å². The molecule has 0 unspecified atom stereocenters. The van der Waals surface area contributed by atoms with E-state index in [4.69, 9.17) is 9.47 Å². The average molecular weight is 369 g/mol. The summed E-state index contributed by atoms with van der Waals surface area (Å²) in [6, 6.07) is 8.02. The first-order valence-corrected chi connectivity index (χ1v) is 8.24. The molecule has 2 rings (SSSR count). The summed E-state index contributed by atoms with van der Waals surface area (Å²) in [7, 11) is 0. The normalized spacial score (nSPS) is 16.6. The van der Waals surface area contributed by atoms with E-state index in [0.29, 0.717) is 11.3 Å². The van der Waals surface area contributed by atoms with Gasteiger partial charge in [0.2, 0.25) is 0 Å². The maximum Gasteiger partial charge on any atom is 0.355 e. The van der Waals surface area contributed by atoms with Crippen molar-refractivity contribution in [1.29, 1.82) is 0 Å². The summed E-state index contributed by atoms with van der Waals surface area (Å²) in [5.41, 5.74) is 0.536. The molecule has 1 fully saturated rings. The quantitative estimate of drug-likeness (QED) is 0.236. The number of likely N-dealkylation sites (tertiary alicyclic amines) is 1. The van der Waals surface area contributed by atoms with Crippen LogP contribution in [0, 0.1) is 6.54 Å². The highest BCUT2D eigenvalue weighted by Crippen LogP contribution is 2.25. The molecule has 1 atom stereocenters. The zero-order chi connectivity index (χ0) is 19.8. The number of rotatable bonds is 9. The molecule has 1 heterocycles. The van der Waals surface area contributed by atoms with Gasteiger partial charge < -0.3 is 14.8 Å². The molecular weight excluding hydrogens is 348 g/mol. The number of esters is 1. The first kappa shape index (κ1) is 20.0. The predicted octanol–water partition coefficient (Wildman–Crippen LogP) is 1.74. The Bertz CT molecular complexity index is 770. The monoisotopic (exact) mass is 369 g/mol. The lowest BCUT2D eigenvalue weighted by Crippen LogP contribution is -2.61. The number of allylic oxidation sites excluding steroid dienone is 2. The first-order chi connectivity index (χ1) is 13.0. The molecule has 1 aromatic rings. The van der Waals surface area contributed by atoms with Crippen molar-refractivity contribution in [3.8, 4) is 5.75 Å². The van der Waals surface area contributed by atoms with Crippen LogP contribution in [-0.4, -0.2) is 41.9 Å². The zero-order valence-electron chi connectivity index (χ0n) is 15.0. The van der Waals surface area contributed by atoms with Gasteiger partial charge in [-0.1, -0.05) is 43.5 Å². The van der Waals surface area contributed by atoms with Crippen molar-refractivity contribution in [2.45, 2.75) is 13.0 Å². The van der Waals surface area contributed by atoms with Crippen molar-refractivity contribution in [3.63, 3.8) is 0 Å². The molecule has 0 spiro atoms. The van der Waals surface area contributed by atoms with Gasteiger partial charge in [-0.05, 0) is 24.6 Å². The molecule has 0 saturated carbocycles. The number of para-hydroxylation sites is 1. The molecule has 1 N–H and O–H groups in total. The van der Waals surface area contributed by atoms with Crippen molar-refractivity contribution < 1.29 is 23.9 Å². The summed E-state index contributed by atoms with van der Waals surface area (Å²) in [5, 5.41) is 2.53. The number of nitrogens with one attached hydrogen (secondary N) is 1. The lowest BCUT2D eigenvalue weighted by atomic mass is 10.0. The topological polar surface area (TPSA) is 84.9 Å². The van der Waals surface area contributed by atoms with E-state index in [1.165, 1.54) is 18.7 Å². The highest BCUT2D eigenvalue weighted by molar-refractivity contribution is 6.02. The summed E-state index contributed by atoms with van der Waals surface area (Å²) < 4.78 is 10.3. The Balaban J connectivity index is 1.92. The maximum atomic E-state index is 12.4. The van der Waals surface area contributed by atoms with Gasteiger partial charge in [0.15, 0.2) is 6.61 Å². The zero-order valence-corrected chi connectivity index (χ0v) is 15.0. The molecule has 0 bridgehead atoms. The van der Waals surface area contributed by atoms with E-state index in [0.717, 1.165) is 4.90 Å². The molecular formula is C20H21N2O5. The van der Waals surface area contributed by atoms with Gasteiger partial charge in [0.1, 0.15) is 24.1 Å². The Labute approximate surface area is 157 Å². The molecule has 141 valence electrons. The van der Waals surface area contributed by atoms with Crippen LogP contribution in [0.1, 0.15) is 6.92 Å². The van der Waals surface area contributed by atoms with E-state index in [1.807, 2.05) is 6.07 Å². The van der Waals surface area contributed by atoms with Gasteiger partial charge in [-0.25, -0.2) is 4.79 Å². The van der Waals surface area contributed by atoms with E-state index < -0.39 is 23.8 Å². The van der Waals surface area contributed by atoms with Crippen molar-refractivity contribution in [1.82, 2.24) is 10.2 Å². The Kier molecular flexibility index (Phi) is 6.93. The van der Waals surface area contributed by atoms with Crippen LogP contribution in [0.4, 0.5) is 0 Å². The third-order valence-electron chi connectivity index (χ3n) is 3.68. The third-order valence-corrected chi connectivity index (χ3v) is 3.68. The maximum absolute atomic E-state index is 12.4. The summed E-state index contributed by atoms with van der Waals surface area (Å²) in [6.45, 7) is 9.94. The Morgan fingerprint density at radius 1 is 1.26 bits per heavy atom. The Hall–Kier alpha value is -3.35. The summed E-state index contributed by atoms with van der Waals surface area (Å²) in [5.74, 6) is -1.02. The Morgan fingerprint density at radius 2 is 1.96 bits per heavy atom. The van der Waals surface area contributed by atoms with Crippen molar-refractivity contribution >= 4 is 17.8 Å². The van der Waals surface area contributed by atoms with Gasteiger partial charge in [0.25, 0.3) is 11.8 Å². The second-order valence-corrected chi connectivity index (χ2v) is 5.63. The van der Waals surface area contributed by atoms with Crippen LogP contribution in [0.25, 0.3) is 0 Å². The minimum absolute atomic E-state index is 0.0196. The fourth-order valence-electron chi connectivity index (χ4n) is 2.27. The fourth-order valence-corrected chi connectivity index (χ4v) is 2.27. The van der Waals surface area contributed by atoms with Crippen LogP contribution >= 0.6 is 0 Å². The van der Waals surface area contributed by atoms with Gasteiger partial charge in [0, 0.05) is 0 Å². The lowest BCUT2D eigenvalue weighted by molar-refractivity contribution is -0.147. The molecule has 1 aromatic carbocycles. The Morgan fingerprint density at radius 3 is 2.56 bits per heavy atom. The van der Waals surface area contributed by atoms with E-state index in [9.17, 15) is 14.4 Å². The van der Waals surface area contributed by atoms with Crippen LogP contribution in [-0.2, 0) is 19.1 Å². The highest BCUT2D eigenvalue weighted by atomic mass is 16.5. The van der Waals surface area contributed by atoms with Crippen LogP contribution in [0.5, 0.6) is 5.75 Å². The van der Waals surface area contributed by atoms with Crippen molar-refractivity contribution in [2.24, 2.45) is 0 Å². The number of carbonyl (C=O) groups is 3. The number of carbonyl (C=O) groups excluding carboxylic acids is 3. The average Bonchev–Trinajstić information content (AvgIpc) is 2.69. The van der Waals surface area contributed by atoms with Gasteiger partial charge in [0.05, 0.1) is 6.54 Å². The summed E-state index contributed by atoms with van der Waals surface area (Å²) in [4.78, 5) is 37.6. The standard InChI is InChI=1S/C20H21N2O5/c1-4-11-26-20(25)18(14(3)5-2)22-12-16(19(22)24)21-17(23)13-27-15-9-7-6-8-10-15/h4-10,12,16H,1-2,11,13H2,3H3,(H,21,23)/b18-14-/t16-/m0/s1.